The van der Waals surface area contributed by atoms with Crippen LogP contribution in [0.1, 0.15) is 28.4 Å². The van der Waals surface area contributed by atoms with Gasteiger partial charge in [-0.25, -0.2) is 4.79 Å². The summed E-state index contributed by atoms with van der Waals surface area (Å²) in [6, 6.07) is 11.4. The Balaban J connectivity index is 2.31. The molecule has 0 unspecified atom stereocenters. The van der Waals surface area contributed by atoms with E-state index in [1.165, 1.54) is 5.56 Å². The van der Waals surface area contributed by atoms with Crippen LogP contribution < -0.4 is 11.1 Å². The van der Waals surface area contributed by atoms with Crippen molar-refractivity contribution in [3.63, 3.8) is 0 Å². The fraction of sp³-hybridized carbons (Fsp3) is 0.188. The van der Waals surface area contributed by atoms with Gasteiger partial charge in [-0.1, -0.05) is 19.1 Å². The number of hydrogen-bond acceptors (Lipinski definition) is 3. The molecule has 4 nitrogen and oxygen atoms in total. The van der Waals surface area contributed by atoms with Gasteiger partial charge in [0.05, 0.1) is 5.56 Å². The third-order valence-electron chi connectivity index (χ3n) is 3.27. The number of carboxylic acid groups (broad SMARTS) is 1. The van der Waals surface area contributed by atoms with E-state index < -0.39 is 5.97 Å². The highest BCUT2D eigenvalue weighted by atomic mass is 16.4. The van der Waals surface area contributed by atoms with Crippen molar-refractivity contribution in [3.05, 3.63) is 53.1 Å². The van der Waals surface area contributed by atoms with Crippen molar-refractivity contribution in [2.75, 3.05) is 11.1 Å². The average molecular weight is 270 g/mol. The van der Waals surface area contributed by atoms with Crippen molar-refractivity contribution in [2.24, 2.45) is 0 Å². The summed E-state index contributed by atoms with van der Waals surface area (Å²) in [4.78, 5) is 11.2. The van der Waals surface area contributed by atoms with Crippen molar-refractivity contribution in [2.45, 2.75) is 20.3 Å². The maximum atomic E-state index is 11.2. The molecule has 4 heteroatoms. The highest BCUT2D eigenvalue weighted by molar-refractivity contribution is 5.96. The van der Waals surface area contributed by atoms with Gasteiger partial charge >= 0.3 is 5.97 Å². The van der Waals surface area contributed by atoms with Gasteiger partial charge in [0.25, 0.3) is 0 Å². The first-order valence-corrected chi connectivity index (χ1v) is 6.50. The van der Waals surface area contributed by atoms with Crippen LogP contribution in [-0.2, 0) is 6.42 Å². The van der Waals surface area contributed by atoms with E-state index in [-0.39, 0.29) is 5.56 Å². The van der Waals surface area contributed by atoms with Gasteiger partial charge in [-0.15, -0.1) is 0 Å². The molecule has 2 aromatic rings. The minimum absolute atomic E-state index is 0.123. The monoisotopic (exact) mass is 270 g/mol. The van der Waals surface area contributed by atoms with Gasteiger partial charge in [0, 0.05) is 17.1 Å². The fourth-order valence-electron chi connectivity index (χ4n) is 2.04. The first-order valence-electron chi connectivity index (χ1n) is 6.50. The van der Waals surface area contributed by atoms with Crippen molar-refractivity contribution >= 4 is 23.0 Å². The highest BCUT2D eigenvalue weighted by Crippen LogP contribution is 2.25. The highest BCUT2D eigenvalue weighted by Gasteiger charge is 2.11. The second-order valence-electron chi connectivity index (χ2n) is 4.74. The largest absolute Gasteiger partial charge is 0.478 e. The molecule has 2 rings (SSSR count). The molecule has 0 heterocycles. The third kappa shape index (κ3) is 2.91. The summed E-state index contributed by atoms with van der Waals surface area (Å²) < 4.78 is 0. The fourth-order valence-corrected chi connectivity index (χ4v) is 2.04. The van der Waals surface area contributed by atoms with Crippen LogP contribution in [-0.4, -0.2) is 11.1 Å². The molecular weight excluding hydrogens is 252 g/mol. The molecular formula is C16H18N2O2. The van der Waals surface area contributed by atoms with Gasteiger partial charge in [0.15, 0.2) is 0 Å². The minimum Gasteiger partial charge on any atom is -0.478 e. The number of benzene rings is 2. The SMILES string of the molecule is CCc1ccc(Nc2cc(C)c(N)c(C(=O)O)c2)cc1. The van der Waals surface area contributed by atoms with Gasteiger partial charge in [0.1, 0.15) is 0 Å². The Morgan fingerprint density at radius 2 is 1.85 bits per heavy atom. The Bertz CT molecular complexity index is 634. The number of hydrogen-bond donors (Lipinski definition) is 3. The van der Waals surface area contributed by atoms with Crippen molar-refractivity contribution < 1.29 is 9.90 Å². The van der Waals surface area contributed by atoms with E-state index in [4.69, 9.17) is 10.8 Å². The summed E-state index contributed by atoms with van der Waals surface area (Å²) in [5.41, 5.74) is 9.85. The van der Waals surface area contributed by atoms with Gasteiger partial charge in [0.2, 0.25) is 0 Å². The van der Waals surface area contributed by atoms with Crippen LogP contribution in [0.3, 0.4) is 0 Å². The molecule has 0 fully saturated rings. The predicted octanol–water partition coefficient (Wildman–Crippen LogP) is 3.58. The summed E-state index contributed by atoms with van der Waals surface area (Å²) in [5, 5.41) is 12.3. The van der Waals surface area contributed by atoms with Gasteiger partial charge < -0.3 is 16.2 Å². The van der Waals surface area contributed by atoms with Crippen LogP contribution >= 0.6 is 0 Å². The molecule has 0 radical (unpaired) electrons. The Labute approximate surface area is 118 Å². The normalized spacial score (nSPS) is 10.3. The summed E-state index contributed by atoms with van der Waals surface area (Å²) >= 11 is 0. The van der Waals surface area contributed by atoms with Crippen LogP contribution in [0.25, 0.3) is 0 Å². The van der Waals surface area contributed by atoms with Crippen molar-refractivity contribution in [1.82, 2.24) is 0 Å². The summed E-state index contributed by atoms with van der Waals surface area (Å²) in [7, 11) is 0. The zero-order valence-electron chi connectivity index (χ0n) is 11.6. The lowest BCUT2D eigenvalue weighted by molar-refractivity contribution is 0.0698. The Hall–Kier alpha value is -2.49. The molecule has 0 atom stereocenters. The number of carbonyl (C=O) groups is 1. The van der Waals surface area contributed by atoms with Gasteiger partial charge in [-0.05, 0) is 48.7 Å². The number of rotatable bonds is 4. The molecule has 4 N–H and O–H groups in total. The van der Waals surface area contributed by atoms with E-state index in [1.54, 1.807) is 13.0 Å². The first-order chi connectivity index (χ1) is 9.51. The van der Waals surface area contributed by atoms with E-state index >= 15 is 0 Å². The number of aryl methyl sites for hydroxylation is 2. The number of nitrogens with one attached hydrogen (secondary N) is 1. The molecule has 2 aromatic carbocycles. The molecule has 0 aliphatic carbocycles. The van der Waals surface area contributed by atoms with E-state index in [1.807, 2.05) is 30.3 Å². The predicted molar refractivity (Wildman–Crippen MR) is 81.7 cm³/mol. The second kappa shape index (κ2) is 5.65. The summed E-state index contributed by atoms with van der Waals surface area (Å²) in [6.07, 6.45) is 0.990. The van der Waals surface area contributed by atoms with Crippen LogP contribution in [0, 0.1) is 6.92 Å². The Morgan fingerprint density at radius 1 is 1.20 bits per heavy atom. The quantitative estimate of drug-likeness (QED) is 0.742. The van der Waals surface area contributed by atoms with Crippen LogP contribution in [0.15, 0.2) is 36.4 Å². The first kappa shape index (κ1) is 13.9. The van der Waals surface area contributed by atoms with Crippen LogP contribution in [0.4, 0.5) is 17.1 Å². The minimum atomic E-state index is -1.02. The molecule has 0 saturated carbocycles. The number of anilines is 3. The zero-order chi connectivity index (χ0) is 14.7. The maximum Gasteiger partial charge on any atom is 0.337 e. The third-order valence-corrected chi connectivity index (χ3v) is 3.27. The van der Waals surface area contributed by atoms with Gasteiger partial charge in [-0.2, -0.15) is 0 Å². The smallest absolute Gasteiger partial charge is 0.337 e. The Kier molecular flexibility index (Phi) is 3.94. The molecule has 20 heavy (non-hydrogen) atoms. The summed E-state index contributed by atoms with van der Waals surface area (Å²) in [6.45, 7) is 3.90. The van der Waals surface area contributed by atoms with E-state index in [9.17, 15) is 4.79 Å². The van der Waals surface area contributed by atoms with Crippen molar-refractivity contribution in [1.29, 1.82) is 0 Å². The topological polar surface area (TPSA) is 75.3 Å². The van der Waals surface area contributed by atoms with Crippen LogP contribution in [0.2, 0.25) is 0 Å². The van der Waals surface area contributed by atoms with E-state index in [2.05, 4.69) is 12.2 Å². The Morgan fingerprint density at radius 3 is 2.40 bits per heavy atom. The van der Waals surface area contributed by atoms with Crippen molar-refractivity contribution in [3.8, 4) is 0 Å². The maximum absolute atomic E-state index is 11.2. The lowest BCUT2D eigenvalue weighted by Gasteiger charge is -2.11. The molecule has 0 amide bonds. The standard InChI is InChI=1S/C16H18N2O2/c1-3-11-4-6-12(7-5-11)18-13-8-10(2)15(17)14(9-13)16(19)20/h4-9,18H,3,17H2,1-2H3,(H,19,20). The molecule has 0 saturated heterocycles. The van der Waals surface area contributed by atoms with Crippen LogP contribution in [0.5, 0.6) is 0 Å². The lowest BCUT2D eigenvalue weighted by Crippen LogP contribution is -2.05. The number of carboxylic acids is 1. The molecule has 0 aliphatic rings. The van der Waals surface area contributed by atoms with E-state index in [0.29, 0.717) is 5.69 Å². The molecule has 0 spiro atoms. The summed E-state index contributed by atoms with van der Waals surface area (Å²) in [5.74, 6) is -1.02. The average Bonchev–Trinajstić information content (AvgIpc) is 2.43. The number of nitrogens with two attached hydrogens (primary N) is 1. The number of aromatic carboxylic acids is 1. The molecule has 104 valence electrons. The molecule has 0 aromatic heterocycles. The van der Waals surface area contributed by atoms with E-state index in [0.717, 1.165) is 23.4 Å². The molecule has 0 bridgehead atoms. The lowest BCUT2D eigenvalue weighted by atomic mass is 10.1. The van der Waals surface area contributed by atoms with Gasteiger partial charge in [-0.3, -0.25) is 0 Å². The molecule has 0 aliphatic heterocycles. The second-order valence-corrected chi connectivity index (χ2v) is 4.74. The zero-order valence-corrected chi connectivity index (χ0v) is 11.6. The number of nitrogen functional groups attached to an aromatic ring is 1.